The molecule has 0 spiro atoms. The molecule has 2 rings (SSSR count). The smallest absolute Gasteiger partial charge is 0.338 e. The Balaban J connectivity index is 2.17. The molecule has 2 aromatic carbocycles. The van der Waals surface area contributed by atoms with Crippen LogP contribution in [-0.4, -0.2) is 25.7 Å². The fourth-order valence-corrected chi connectivity index (χ4v) is 2.11. The van der Waals surface area contributed by atoms with Crippen molar-refractivity contribution in [3.8, 4) is 0 Å². The summed E-state index contributed by atoms with van der Waals surface area (Å²) >= 11 is 0. The van der Waals surface area contributed by atoms with Crippen molar-refractivity contribution in [2.75, 3.05) is 13.7 Å². The predicted octanol–water partition coefficient (Wildman–Crippen LogP) is 3.71. The summed E-state index contributed by atoms with van der Waals surface area (Å²) in [6, 6.07) is 14.1. The summed E-state index contributed by atoms with van der Waals surface area (Å²) in [5.74, 6) is -0.715. The SMILES string of the molecule is C=C(c1ccc(C(=O)OC)cc1)c1ccc(C(=O)OCC)cc1. The highest BCUT2D eigenvalue weighted by molar-refractivity contribution is 5.91. The molecule has 0 atom stereocenters. The van der Waals surface area contributed by atoms with E-state index < -0.39 is 0 Å². The second-order valence-corrected chi connectivity index (χ2v) is 4.85. The minimum atomic E-state index is -0.374. The molecule has 0 fully saturated rings. The van der Waals surface area contributed by atoms with Crippen molar-refractivity contribution in [1.82, 2.24) is 0 Å². The van der Waals surface area contributed by atoms with Gasteiger partial charge in [0.1, 0.15) is 0 Å². The monoisotopic (exact) mass is 310 g/mol. The zero-order valence-electron chi connectivity index (χ0n) is 13.2. The van der Waals surface area contributed by atoms with E-state index in [0.29, 0.717) is 17.7 Å². The van der Waals surface area contributed by atoms with Crippen molar-refractivity contribution in [3.05, 3.63) is 77.4 Å². The lowest BCUT2D eigenvalue weighted by atomic mass is 9.98. The van der Waals surface area contributed by atoms with E-state index in [1.807, 2.05) is 24.3 Å². The summed E-state index contributed by atoms with van der Waals surface area (Å²) in [5, 5.41) is 0. The molecule has 0 heterocycles. The van der Waals surface area contributed by atoms with Crippen LogP contribution in [0.15, 0.2) is 55.1 Å². The van der Waals surface area contributed by atoms with Gasteiger partial charge in [0.15, 0.2) is 0 Å². The van der Waals surface area contributed by atoms with Crippen LogP contribution in [0.2, 0.25) is 0 Å². The van der Waals surface area contributed by atoms with Crippen LogP contribution in [0.5, 0.6) is 0 Å². The van der Waals surface area contributed by atoms with Gasteiger partial charge in [-0.2, -0.15) is 0 Å². The third-order valence-corrected chi connectivity index (χ3v) is 3.40. The number of hydrogen-bond acceptors (Lipinski definition) is 4. The minimum absolute atomic E-state index is 0.341. The Morgan fingerprint density at radius 2 is 1.22 bits per heavy atom. The van der Waals surface area contributed by atoms with Gasteiger partial charge in [-0.1, -0.05) is 30.8 Å². The first kappa shape index (κ1) is 16.5. The van der Waals surface area contributed by atoms with Gasteiger partial charge in [0.25, 0.3) is 0 Å². The molecule has 0 aliphatic carbocycles. The van der Waals surface area contributed by atoms with Crippen LogP contribution < -0.4 is 0 Å². The summed E-state index contributed by atoms with van der Waals surface area (Å²) in [4.78, 5) is 23.1. The number of carbonyl (C=O) groups excluding carboxylic acids is 2. The Morgan fingerprint density at radius 3 is 1.61 bits per heavy atom. The minimum Gasteiger partial charge on any atom is -0.465 e. The topological polar surface area (TPSA) is 52.6 Å². The van der Waals surface area contributed by atoms with Gasteiger partial charge >= 0.3 is 11.9 Å². The normalized spacial score (nSPS) is 10.0. The molecule has 4 heteroatoms. The molecule has 2 aromatic rings. The maximum atomic E-state index is 11.6. The number of rotatable bonds is 5. The zero-order valence-corrected chi connectivity index (χ0v) is 13.2. The average Bonchev–Trinajstić information content (AvgIpc) is 2.61. The Kier molecular flexibility index (Phi) is 5.31. The van der Waals surface area contributed by atoms with E-state index in [1.54, 1.807) is 31.2 Å². The number of methoxy groups -OCH3 is 1. The van der Waals surface area contributed by atoms with Gasteiger partial charge in [-0.25, -0.2) is 9.59 Å². The fraction of sp³-hybridized carbons (Fsp3) is 0.158. The molecule has 0 bridgehead atoms. The first-order valence-electron chi connectivity index (χ1n) is 7.22. The molecule has 4 nitrogen and oxygen atoms in total. The second-order valence-electron chi connectivity index (χ2n) is 4.85. The van der Waals surface area contributed by atoms with Crippen molar-refractivity contribution < 1.29 is 19.1 Å². The highest BCUT2D eigenvalue weighted by Crippen LogP contribution is 2.22. The van der Waals surface area contributed by atoms with Crippen LogP contribution >= 0.6 is 0 Å². The number of carbonyl (C=O) groups is 2. The lowest BCUT2D eigenvalue weighted by Gasteiger charge is -2.08. The molecular formula is C19H18O4. The van der Waals surface area contributed by atoms with Crippen LogP contribution in [0, 0.1) is 0 Å². The third kappa shape index (κ3) is 3.86. The van der Waals surface area contributed by atoms with Crippen LogP contribution in [0.4, 0.5) is 0 Å². The molecule has 0 aliphatic rings. The first-order chi connectivity index (χ1) is 11.1. The van der Waals surface area contributed by atoms with Gasteiger partial charge < -0.3 is 9.47 Å². The van der Waals surface area contributed by atoms with E-state index in [9.17, 15) is 9.59 Å². The second kappa shape index (κ2) is 7.40. The van der Waals surface area contributed by atoms with Crippen molar-refractivity contribution in [2.24, 2.45) is 0 Å². The van der Waals surface area contributed by atoms with Crippen molar-refractivity contribution in [2.45, 2.75) is 6.92 Å². The summed E-state index contributed by atoms with van der Waals surface area (Å²) in [6.45, 7) is 6.19. The fourth-order valence-electron chi connectivity index (χ4n) is 2.11. The molecule has 0 unspecified atom stereocenters. The first-order valence-corrected chi connectivity index (χ1v) is 7.22. The number of benzene rings is 2. The maximum absolute atomic E-state index is 11.6. The van der Waals surface area contributed by atoms with E-state index >= 15 is 0 Å². The van der Waals surface area contributed by atoms with E-state index in [2.05, 4.69) is 11.3 Å². The molecule has 0 aromatic heterocycles. The van der Waals surface area contributed by atoms with Crippen molar-refractivity contribution >= 4 is 17.5 Å². The average molecular weight is 310 g/mol. The molecule has 23 heavy (non-hydrogen) atoms. The van der Waals surface area contributed by atoms with E-state index in [4.69, 9.17) is 4.74 Å². The zero-order chi connectivity index (χ0) is 16.8. The predicted molar refractivity (Wildman–Crippen MR) is 88.3 cm³/mol. The van der Waals surface area contributed by atoms with E-state index in [0.717, 1.165) is 16.7 Å². The van der Waals surface area contributed by atoms with Crippen LogP contribution in [-0.2, 0) is 9.47 Å². The molecular weight excluding hydrogens is 292 g/mol. The molecule has 0 saturated heterocycles. The standard InChI is InChI=1S/C19H18O4/c1-4-23-19(21)17-11-7-15(8-12-17)13(2)14-5-9-16(10-6-14)18(20)22-3/h5-12H,2,4H2,1,3H3. The Hall–Kier alpha value is -2.88. The van der Waals surface area contributed by atoms with Crippen molar-refractivity contribution in [1.29, 1.82) is 0 Å². The number of hydrogen-bond donors (Lipinski definition) is 0. The van der Waals surface area contributed by atoms with Crippen LogP contribution in [0.3, 0.4) is 0 Å². The molecule has 0 N–H and O–H groups in total. The van der Waals surface area contributed by atoms with E-state index in [-0.39, 0.29) is 11.9 Å². The van der Waals surface area contributed by atoms with Gasteiger partial charge in [-0.05, 0) is 47.9 Å². The maximum Gasteiger partial charge on any atom is 0.338 e. The van der Waals surface area contributed by atoms with E-state index in [1.165, 1.54) is 7.11 Å². The highest BCUT2D eigenvalue weighted by atomic mass is 16.5. The third-order valence-electron chi connectivity index (χ3n) is 3.40. The molecule has 118 valence electrons. The number of ether oxygens (including phenoxy) is 2. The van der Waals surface area contributed by atoms with Gasteiger partial charge in [-0.15, -0.1) is 0 Å². The van der Waals surface area contributed by atoms with Gasteiger partial charge in [0, 0.05) is 0 Å². The van der Waals surface area contributed by atoms with Gasteiger partial charge in [0.2, 0.25) is 0 Å². The lowest BCUT2D eigenvalue weighted by molar-refractivity contribution is 0.0525. The van der Waals surface area contributed by atoms with Crippen LogP contribution in [0.1, 0.15) is 38.8 Å². The largest absolute Gasteiger partial charge is 0.465 e. The molecule has 0 aliphatic heterocycles. The molecule has 0 amide bonds. The Bertz CT molecular complexity index is 712. The molecule has 0 radical (unpaired) electrons. The highest BCUT2D eigenvalue weighted by Gasteiger charge is 2.09. The summed E-state index contributed by atoms with van der Waals surface area (Å²) < 4.78 is 9.63. The summed E-state index contributed by atoms with van der Waals surface area (Å²) in [6.07, 6.45) is 0. The van der Waals surface area contributed by atoms with Gasteiger partial charge in [0.05, 0.1) is 24.8 Å². The van der Waals surface area contributed by atoms with Crippen LogP contribution in [0.25, 0.3) is 5.57 Å². The van der Waals surface area contributed by atoms with Crippen molar-refractivity contribution in [3.63, 3.8) is 0 Å². The Morgan fingerprint density at radius 1 is 0.826 bits per heavy atom. The quantitative estimate of drug-likeness (QED) is 0.790. The summed E-state index contributed by atoms with van der Waals surface area (Å²) in [7, 11) is 1.35. The van der Waals surface area contributed by atoms with Gasteiger partial charge in [-0.3, -0.25) is 0 Å². The summed E-state index contributed by atoms with van der Waals surface area (Å²) in [5.41, 5.74) is 3.58. The molecule has 0 saturated carbocycles. The Labute approximate surface area is 135 Å². The number of esters is 2. The lowest BCUT2D eigenvalue weighted by Crippen LogP contribution is -2.04.